The number of H-pyrrole nitrogens is 1. The van der Waals surface area contributed by atoms with Crippen molar-refractivity contribution in [2.45, 2.75) is 74.0 Å². The number of pyridine rings is 1. The van der Waals surface area contributed by atoms with E-state index in [0.29, 0.717) is 27.8 Å². The molecule has 0 radical (unpaired) electrons. The van der Waals surface area contributed by atoms with Gasteiger partial charge in [-0.25, -0.2) is 14.6 Å². The SMILES string of the molecule is C.COc1ccc(C)c(-n2c(NC(=O)OC(C)(C)C)c(C#N)c3c[nH+]c4nc(C)sc4c32)c1C(=O)OC(C)(C)C. The first-order valence-electron chi connectivity index (χ1n) is 12.3. The van der Waals surface area contributed by atoms with Gasteiger partial charge >= 0.3 is 17.7 Å². The molecule has 4 aromatic rings. The number of anilines is 1. The van der Waals surface area contributed by atoms with Crippen LogP contribution in [0.5, 0.6) is 5.75 Å². The predicted molar refractivity (Wildman–Crippen MR) is 156 cm³/mol. The largest absolute Gasteiger partial charge is 0.496 e. The molecule has 0 bridgehead atoms. The summed E-state index contributed by atoms with van der Waals surface area (Å²) in [7, 11) is 1.47. The van der Waals surface area contributed by atoms with Gasteiger partial charge in [0.15, 0.2) is 0 Å². The fourth-order valence-electron chi connectivity index (χ4n) is 4.30. The van der Waals surface area contributed by atoms with E-state index in [1.54, 1.807) is 64.4 Å². The van der Waals surface area contributed by atoms with Crippen LogP contribution < -0.4 is 15.0 Å². The van der Waals surface area contributed by atoms with Gasteiger partial charge < -0.3 is 14.2 Å². The zero-order valence-corrected chi connectivity index (χ0v) is 24.3. The number of nitriles is 1. The van der Waals surface area contributed by atoms with Crippen LogP contribution in [-0.4, -0.2) is 39.9 Å². The van der Waals surface area contributed by atoms with Gasteiger partial charge in [-0.3, -0.25) is 9.88 Å². The number of aryl methyl sites for hydroxylation is 2. The van der Waals surface area contributed by atoms with Crippen molar-refractivity contribution in [3.05, 3.63) is 40.0 Å². The maximum Gasteiger partial charge on any atom is 0.413 e. The third-order valence-electron chi connectivity index (χ3n) is 5.63. The summed E-state index contributed by atoms with van der Waals surface area (Å²) in [6.07, 6.45) is 0.928. The third-order valence-corrected chi connectivity index (χ3v) is 6.61. The summed E-state index contributed by atoms with van der Waals surface area (Å²) in [5, 5.41) is 14.4. The summed E-state index contributed by atoms with van der Waals surface area (Å²) in [6.45, 7) is 14.3. The fourth-order valence-corrected chi connectivity index (χ4v) is 5.23. The molecule has 40 heavy (non-hydrogen) atoms. The molecule has 0 aliphatic carbocycles. The van der Waals surface area contributed by atoms with E-state index < -0.39 is 23.3 Å². The Labute approximate surface area is 237 Å². The maximum atomic E-state index is 13.7. The second-order valence-electron chi connectivity index (χ2n) is 11.1. The highest BCUT2D eigenvalue weighted by Gasteiger charge is 2.33. The number of fused-ring (bicyclic) bond motifs is 3. The molecule has 4 rings (SSSR count). The lowest BCUT2D eigenvalue weighted by molar-refractivity contribution is -0.345. The molecule has 0 saturated carbocycles. The number of carbonyl (C=O) groups is 2. The van der Waals surface area contributed by atoms with Crippen molar-refractivity contribution >= 4 is 50.5 Å². The van der Waals surface area contributed by atoms with Gasteiger partial charge in [0.1, 0.15) is 44.7 Å². The van der Waals surface area contributed by atoms with Crippen molar-refractivity contribution in [2.24, 2.45) is 0 Å². The van der Waals surface area contributed by atoms with Crippen molar-refractivity contribution in [3.63, 3.8) is 0 Å². The molecule has 0 aliphatic heterocycles. The zero-order chi connectivity index (χ0) is 28.9. The maximum absolute atomic E-state index is 13.7. The molecule has 3 heterocycles. The minimum absolute atomic E-state index is 0. The van der Waals surface area contributed by atoms with Gasteiger partial charge in [0, 0.05) is 6.92 Å². The lowest BCUT2D eigenvalue weighted by Gasteiger charge is -2.24. The number of aromatic nitrogens is 3. The van der Waals surface area contributed by atoms with Crippen LogP contribution >= 0.6 is 11.3 Å². The Morgan fingerprint density at radius 2 is 1.75 bits per heavy atom. The van der Waals surface area contributed by atoms with E-state index in [-0.39, 0.29) is 30.1 Å². The van der Waals surface area contributed by atoms with E-state index in [1.165, 1.54) is 18.4 Å². The van der Waals surface area contributed by atoms with E-state index in [1.807, 2.05) is 13.8 Å². The summed E-state index contributed by atoms with van der Waals surface area (Å²) < 4.78 is 19.4. The Hall–Kier alpha value is -4.17. The molecule has 2 N–H and O–H groups in total. The molecular weight excluding hydrogens is 530 g/mol. The summed E-state index contributed by atoms with van der Waals surface area (Å²) >= 11 is 1.43. The number of thiazole rings is 1. The molecule has 0 fully saturated rings. The van der Waals surface area contributed by atoms with E-state index in [4.69, 9.17) is 14.2 Å². The van der Waals surface area contributed by atoms with Gasteiger partial charge in [-0.15, -0.1) is 0 Å². The van der Waals surface area contributed by atoms with Crippen molar-refractivity contribution in [2.75, 3.05) is 12.4 Å². The molecule has 212 valence electrons. The van der Waals surface area contributed by atoms with Crippen molar-refractivity contribution in [3.8, 4) is 17.5 Å². The van der Waals surface area contributed by atoms with Gasteiger partial charge in [-0.2, -0.15) is 5.26 Å². The number of methoxy groups -OCH3 is 1. The topological polar surface area (TPSA) is 130 Å². The number of carbonyl (C=O) groups excluding carboxylic acids is 2. The van der Waals surface area contributed by atoms with Gasteiger partial charge in [0.05, 0.1) is 29.9 Å². The van der Waals surface area contributed by atoms with Crippen molar-refractivity contribution in [1.82, 2.24) is 9.55 Å². The van der Waals surface area contributed by atoms with Crippen LogP contribution in [-0.2, 0) is 9.47 Å². The Balaban J connectivity index is 0.00000441. The quantitative estimate of drug-likeness (QED) is 0.279. The monoisotopic (exact) mass is 566 g/mol. The third kappa shape index (κ3) is 5.72. The number of nitrogens with one attached hydrogen (secondary N) is 2. The van der Waals surface area contributed by atoms with Crippen LogP contribution in [0.4, 0.5) is 10.6 Å². The van der Waals surface area contributed by atoms with E-state index >= 15 is 0 Å². The molecule has 11 heteroatoms. The molecule has 0 atom stereocenters. The standard InChI is InChI=1S/C28H31N5O5S.CH4/c1-14-10-11-18(36-9)19(25(34)37-27(3,4)5)20(14)33-21-17(13-30-23-22(21)39-15(2)31-23)16(12-29)24(33)32-26(35)38-28(6,7)8;/h10-11,13H,1-9H3,(H,32,35);1H4/p+1. The van der Waals surface area contributed by atoms with Crippen LogP contribution in [0.1, 0.15) is 75.5 Å². The number of nitrogens with zero attached hydrogens (tertiary/aromatic N) is 3. The highest BCUT2D eigenvalue weighted by molar-refractivity contribution is 7.19. The van der Waals surface area contributed by atoms with E-state index in [0.717, 1.165) is 9.71 Å². The van der Waals surface area contributed by atoms with Gasteiger partial charge in [0.2, 0.25) is 5.01 Å². The number of esters is 1. The van der Waals surface area contributed by atoms with E-state index in [9.17, 15) is 14.9 Å². The number of amides is 1. The highest BCUT2D eigenvalue weighted by atomic mass is 32.1. The predicted octanol–water partition coefficient (Wildman–Crippen LogP) is 6.49. The van der Waals surface area contributed by atoms with Gasteiger partial charge in [-0.05, 0) is 65.1 Å². The highest BCUT2D eigenvalue weighted by Crippen LogP contribution is 2.41. The normalized spacial score (nSPS) is 11.6. The summed E-state index contributed by atoms with van der Waals surface area (Å²) in [6, 6.07) is 5.73. The smallest absolute Gasteiger partial charge is 0.413 e. The second kappa shape index (κ2) is 10.8. The molecular formula is C29H36N5O5S+. The lowest BCUT2D eigenvalue weighted by atomic mass is 10.1. The van der Waals surface area contributed by atoms with Crippen LogP contribution in [0, 0.1) is 25.2 Å². The number of aromatic amines is 1. The number of ether oxygens (including phenoxy) is 3. The van der Waals surface area contributed by atoms with Crippen molar-refractivity contribution in [1.29, 1.82) is 5.26 Å². The van der Waals surface area contributed by atoms with Gasteiger partial charge in [-0.1, -0.05) is 24.8 Å². The number of rotatable bonds is 4. The van der Waals surface area contributed by atoms with Crippen molar-refractivity contribution < 1.29 is 28.8 Å². The van der Waals surface area contributed by atoms with Crippen LogP contribution in [0.3, 0.4) is 0 Å². The minimum Gasteiger partial charge on any atom is -0.496 e. The number of hydrogen-bond acceptors (Lipinski definition) is 8. The molecule has 10 nitrogen and oxygen atoms in total. The minimum atomic E-state index is -0.783. The first-order chi connectivity index (χ1) is 18.1. The fraction of sp³-hybridized carbons (Fsp3) is 0.414. The van der Waals surface area contributed by atoms with E-state index in [2.05, 4.69) is 21.4 Å². The molecule has 0 aliphatic rings. The second-order valence-corrected chi connectivity index (χ2v) is 12.3. The lowest BCUT2D eigenvalue weighted by Crippen LogP contribution is -2.28. The summed E-state index contributed by atoms with van der Waals surface area (Å²) in [5.74, 6) is -0.177. The van der Waals surface area contributed by atoms with Gasteiger partial charge in [0.25, 0.3) is 0 Å². The molecule has 0 saturated heterocycles. The number of hydrogen-bond donors (Lipinski definition) is 1. The Morgan fingerprint density at radius 1 is 1.10 bits per heavy atom. The molecule has 1 aromatic carbocycles. The average Bonchev–Trinajstić information content (AvgIpc) is 3.32. The van der Waals surface area contributed by atoms with Crippen LogP contribution in [0.2, 0.25) is 0 Å². The Bertz CT molecular complexity index is 1670. The first-order valence-corrected chi connectivity index (χ1v) is 13.1. The zero-order valence-electron chi connectivity index (χ0n) is 23.5. The molecule has 3 aromatic heterocycles. The molecule has 1 amide bonds. The number of benzene rings is 1. The molecule has 0 unspecified atom stereocenters. The summed E-state index contributed by atoms with van der Waals surface area (Å²) in [4.78, 5) is 34.5. The molecule has 0 spiro atoms. The first kappa shape index (κ1) is 30.4. The Morgan fingerprint density at radius 3 is 2.33 bits per heavy atom. The Kier molecular flexibility index (Phi) is 8.18. The summed E-state index contributed by atoms with van der Waals surface area (Å²) in [5.41, 5.74) is 1.08. The average molecular weight is 567 g/mol. The van der Waals surface area contributed by atoms with Crippen LogP contribution in [0.25, 0.3) is 26.9 Å². The van der Waals surface area contributed by atoms with Crippen LogP contribution in [0.15, 0.2) is 18.3 Å².